The zero-order valence-corrected chi connectivity index (χ0v) is 10.7. The first-order valence-electron chi connectivity index (χ1n) is 5.04. The van der Waals surface area contributed by atoms with Crippen LogP contribution in [0.15, 0.2) is 35.4 Å². The highest BCUT2D eigenvalue weighted by Gasteiger charge is 2.05. The van der Waals surface area contributed by atoms with Gasteiger partial charge in [-0.05, 0) is 19.1 Å². The molecule has 2 heterocycles. The summed E-state index contributed by atoms with van der Waals surface area (Å²) in [6.45, 7) is 2.17. The second kappa shape index (κ2) is 4.90. The van der Waals surface area contributed by atoms with Crippen LogP contribution in [0.1, 0.15) is 11.1 Å². The fourth-order valence-corrected chi connectivity index (χ4v) is 1.94. The summed E-state index contributed by atoms with van der Waals surface area (Å²) in [7, 11) is 0. The van der Waals surface area contributed by atoms with Gasteiger partial charge in [-0.15, -0.1) is 0 Å². The molecule has 2 rings (SSSR count). The molecule has 17 heavy (non-hydrogen) atoms. The van der Waals surface area contributed by atoms with E-state index in [1.807, 2.05) is 6.07 Å². The third kappa shape index (κ3) is 2.68. The fourth-order valence-electron chi connectivity index (χ4n) is 1.52. The summed E-state index contributed by atoms with van der Waals surface area (Å²) in [5.41, 5.74) is 1.44. The van der Waals surface area contributed by atoms with E-state index in [0.29, 0.717) is 22.3 Å². The quantitative estimate of drug-likeness (QED) is 0.786. The largest absolute Gasteiger partial charge is 0.311 e. The van der Waals surface area contributed by atoms with Gasteiger partial charge < -0.3 is 4.57 Å². The zero-order valence-electron chi connectivity index (χ0n) is 9.15. The van der Waals surface area contributed by atoms with E-state index in [-0.39, 0.29) is 5.56 Å². The summed E-state index contributed by atoms with van der Waals surface area (Å²) in [5, 5.41) is 0.855. The zero-order chi connectivity index (χ0) is 12.4. The Morgan fingerprint density at radius 2 is 2.18 bits per heavy atom. The Morgan fingerprint density at radius 3 is 2.88 bits per heavy atom. The third-order valence-electron chi connectivity index (χ3n) is 2.45. The van der Waals surface area contributed by atoms with Crippen molar-refractivity contribution in [1.29, 1.82) is 0 Å². The number of nitrogens with zero attached hydrogens (tertiary/aromatic N) is 2. The molecule has 0 unspecified atom stereocenters. The van der Waals surface area contributed by atoms with Crippen LogP contribution < -0.4 is 5.56 Å². The van der Waals surface area contributed by atoms with Gasteiger partial charge in [-0.3, -0.25) is 4.79 Å². The van der Waals surface area contributed by atoms with Crippen LogP contribution in [0.3, 0.4) is 0 Å². The lowest BCUT2D eigenvalue weighted by molar-refractivity contribution is 0.750. The lowest BCUT2D eigenvalue weighted by Crippen LogP contribution is -2.21. The van der Waals surface area contributed by atoms with Crippen molar-refractivity contribution < 1.29 is 0 Å². The van der Waals surface area contributed by atoms with Crippen LogP contribution in [0, 0.1) is 6.92 Å². The van der Waals surface area contributed by atoms with Crippen LogP contribution in [0.2, 0.25) is 10.2 Å². The minimum Gasteiger partial charge on any atom is -0.311 e. The summed E-state index contributed by atoms with van der Waals surface area (Å²) in [6.07, 6.45) is 3.31. The first-order chi connectivity index (χ1) is 8.08. The molecular weight excluding hydrogens is 259 g/mol. The third-order valence-corrected chi connectivity index (χ3v) is 3.01. The number of aromatic nitrogens is 2. The minimum atomic E-state index is -0.0292. The number of pyridine rings is 2. The monoisotopic (exact) mass is 268 g/mol. The molecule has 0 atom stereocenters. The van der Waals surface area contributed by atoms with Crippen molar-refractivity contribution in [3.63, 3.8) is 0 Å². The topological polar surface area (TPSA) is 34.9 Å². The molecule has 3 nitrogen and oxygen atoms in total. The van der Waals surface area contributed by atoms with E-state index in [4.69, 9.17) is 23.2 Å². The SMILES string of the molecule is Cc1cccn(Cc2cnc(Cl)cc2Cl)c1=O. The van der Waals surface area contributed by atoms with E-state index in [1.165, 1.54) is 0 Å². The Hall–Kier alpha value is -1.32. The van der Waals surface area contributed by atoms with Gasteiger partial charge in [-0.1, -0.05) is 29.3 Å². The second-order valence-corrected chi connectivity index (χ2v) is 4.52. The molecule has 0 aliphatic rings. The van der Waals surface area contributed by atoms with Crippen molar-refractivity contribution >= 4 is 23.2 Å². The van der Waals surface area contributed by atoms with Crippen molar-refractivity contribution in [2.45, 2.75) is 13.5 Å². The Labute approximate surface area is 109 Å². The van der Waals surface area contributed by atoms with E-state index in [0.717, 1.165) is 5.56 Å². The van der Waals surface area contributed by atoms with Gasteiger partial charge in [-0.2, -0.15) is 0 Å². The van der Waals surface area contributed by atoms with Crippen molar-refractivity contribution in [3.8, 4) is 0 Å². The van der Waals surface area contributed by atoms with Gasteiger partial charge in [0.15, 0.2) is 0 Å². The van der Waals surface area contributed by atoms with Gasteiger partial charge in [0, 0.05) is 23.5 Å². The molecule has 0 N–H and O–H groups in total. The predicted molar refractivity (Wildman–Crippen MR) is 68.8 cm³/mol. The molecular formula is C12H10Cl2N2O. The van der Waals surface area contributed by atoms with E-state index in [1.54, 1.807) is 36.0 Å². The first kappa shape index (κ1) is 12.1. The highest BCUT2D eigenvalue weighted by atomic mass is 35.5. The van der Waals surface area contributed by atoms with Gasteiger partial charge in [0.2, 0.25) is 0 Å². The smallest absolute Gasteiger partial charge is 0.253 e. The van der Waals surface area contributed by atoms with Crippen molar-refractivity contribution in [3.05, 3.63) is 62.2 Å². The summed E-state index contributed by atoms with van der Waals surface area (Å²) in [6, 6.07) is 5.17. The number of rotatable bonds is 2. The summed E-state index contributed by atoms with van der Waals surface area (Å²) in [5.74, 6) is 0. The van der Waals surface area contributed by atoms with E-state index < -0.39 is 0 Å². The van der Waals surface area contributed by atoms with Crippen LogP contribution in [0.4, 0.5) is 0 Å². The maximum Gasteiger partial charge on any atom is 0.253 e. The molecule has 88 valence electrons. The van der Waals surface area contributed by atoms with Crippen LogP contribution in [-0.2, 0) is 6.54 Å². The molecule has 2 aromatic rings. The number of hydrogen-bond donors (Lipinski definition) is 0. The lowest BCUT2D eigenvalue weighted by Gasteiger charge is -2.07. The summed E-state index contributed by atoms with van der Waals surface area (Å²) >= 11 is 11.7. The highest BCUT2D eigenvalue weighted by Crippen LogP contribution is 2.19. The fraction of sp³-hybridized carbons (Fsp3) is 0.167. The highest BCUT2D eigenvalue weighted by molar-refractivity contribution is 6.34. The van der Waals surface area contributed by atoms with Crippen LogP contribution >= 0.6 is 23.2 Å². The van der Waals surface area contributed by atoms with Gasteiger partial charge in [0.25, 0.3) is 5.56 Å². The summed E-state index contributed by atoms with van der Waals surface area (Å²) < 4.78 is 1.59. The summed E-state index contributed by atoms with van der Waals surface area (Å²) in [4.78, 5) is 15.8. The van der Waals surface area contributed by atoms with Crippen LogP contribution in [0.25, 0.3) is 0 Å². The average molecular weight is 269 g/mol. The molecule has 0 spiro atoms. The second-order valence-electron chi connectivity index (χ2n) is 3.72. The molecule has 5 heteroatoms. The molecule has 0 bridgehead atoms. The Balaban J connectivity index is 2.38. The molecule has 0 fully saturated rings. The van der Waals surface area contributed by atoms with E-state index >= 15 is 0 Å². The van der Waals surface area contributed by atoms with Crippen LogP contribution in [0.5, 0.6) is 0 Å². The molecule has 0 amide bonds. The molecule has 0 aliphatic carbocycles. The standard InChI is InChI=1S/C12H10Cl2N2O/c1-8-3-2-4-16(12(8)17)7-9-6-15-11(14)5-10(9)13/h2-6H,7H2,1H3. The van der Waals surface area contributed by atoms with Crippen molar-refractivity contribution in [2.24, 2.45) is 0 Å². The normalized spacial score (nSPS) is 10.5. The Kier molecular flexibility index (Phi) is 3.50. The van der Waals surface area contributed by atoms with E-state index in [2.05, 4.69) is 4.98 Å². The van der Waals surface area contributed by atoms with Gasteiger partial charge in [-0.25, -0.2) is 4.98 Å². The predicted octanol–water partition coefficient (Wildman–Crippen LogP) is 2.91. The molecule has 2 aromatic heterocycles. The number of hydrogen-bond acceptors (Lipinski definition) is 2. The maximum absolute atomic E-state index is 11.8. The first-order valence-corrected chi connectivity index (χ1v) is 5.79. The number of aryl methyl sites for hydroxylation is 1. The molecule has 0 radical (unpaired) electrons. The average Bonchev–Trinajstić information content (AvgIpc) is 2.28. The Morgan fingerprint density at radius 1 is 1.41 bits per heavy atom. The van der Waals surface area contributed by atoms with Crippen molar-refractivity contribution in [1.82, 2.24) is 9.55 Å². The maximum atomic E-state index is 11.8. The van der Waals surface area contributed by atoms with E-state index in [9.17, 15) is 4.79 Å². The van der Waals surface area contributed by atoms with Gasteiger partial charge in [0.05, 0.1) is 11.6 Å². The Bertz CT molecular complexity index is 608. The molecule has 0 aliphatic heterocycles. The minimum absolute atomic E-state index is 0.0292. The molecule has 0 saturated carbocycles. The molecule has 0 saturated heterocycles. The number of halogens is 2. The van der Waals surface area contributed by atoms with Gasteiger partial charge >= 0.3 is 0 Å². The van der Waals surface area contributed by atoms with Gasteiger partial charge in [0.1, 0.15) is 5.15 Å². The lowest BCUT2D eigenvalue weighted by atomic mass is 10.2. The van der Waals surface area contributed by atoms with Crippen molar-refractivity contribution in [2.75, 3.05) is 0 Å². The van der Waals surface area contributed by atoms with Crippen LogP contribution in [-0.4, -0.2) is 9.55 Å². The molecule has 0 aromatic carbocycles.